The van der Waals surface area contributed by atoms with Gasteiger partial charge in [0.2, 0.25) is 0 Å². The van der Waals surface area contributed by atoms with E-state index in [2.05, 4.69) is 15.2 Å². The summed E-state index contributed by atoms with van der Waals surface area (Å²) in [7, 11) is 3.50. The van der Waals surface area contributed by atoms with E-state index in [9.17, 15) is 9.59 Å². The number of carboxylic acid groups (broad SMARTS) is 1. The highest BCUT2D eigenvalue weighted by molar-refractivity contribution is 6.00. The van der Waals surface area contributed by atoms with Gasteiger partial charge in [-0.05, 0) is 44.3 Å². The van der Waals surface area contributed by atoms with E-state index in [0.717, 1.165) is 48.7 Å². The molecule has 8 heteroatoms. The highest BCUT2D eigenvalue weighted by Gasteiger charge is 2.19. The fourth-order valence-corrected chi connectivity index (χ4v) is 3.72. The number of amides is 1. The molecule has 0 radical (unpaired) electrons. The van der Waals surface area contributed by atoms with E-state index >= 15 is 0 Å². The van der Waals surface area contributed by atoms with Gasteiger partial charge in [-0.3, -0.25) is 9.59 Å². The summed E-state index contributed by atoms with van der Waals surface area (Å²) in [5.74, 6) is 0.867. The van der Waals surface area contributed by atoms with Gasteiger partial charge in [0.1, 0.15) is 11.6 Å². The summed E-state index contributed by atoms with van der Waals surface area (Å²) in [4.78, 5) is 27.8. The van der Waals surface area contributed by atoms with Crippen LogP contribution in [-0.2, 0) is 18.3 Å². The zero-order valence-electron chi connectivity index (χ0n) is 16.5. The maximum Gasteiger partial charge on any atom is 0.305 e. The molecule has 0 unspecified atom stereocenters. The van der Waals surface area contributed by atoms with Crippen molar-refractivity contribution in [2.24, 2.45) is 13.0 Å². The molecule has 152 valence electrons. The van der Waals surface area contributed by atoms with Crippen molar-refractivity contribution < 1.29 is 19.4 Å². The number of ether oxygens (including phenoxy) is 1. The smallest absolute Gasteiger partial charge is 0.305 e. The van der Waals surface area contributed by atoms with Crippen molar-refractivity contribution in [3.8, 4) is 5.75 Å². The van der Waals surface area contributed by atoms with Gasteiger partial charge in [-0.25, -0.2) is 4.98 Å². The number of nitrogens with one attached hydrogen (secondary N) is 2. The molecule has 0 saturated carbocycles. The third-order valence-corrected chi connectivity index (χ3v) is 5.40. The summed E-state index contributed by atoms with van der Waals surface area (Å²) in [5.41, 5.74) is 2.02. The Morgan fingerprint density at radius 1 is 1.36 bits per heavy atom. The topological polar surface area (TPSA) is 105 Å². The van der Waals surface area contributed by atoms with Crippen molar-refractivity contribution in [2.75, 3.05) is 26.7 Å². The number of aromatic nitrogens is 2. The lowest BCUT2D eigenvalue weighted by Gasteiger charge is -2.22. The number of rotatable bonds is 8. The second kappa shape index (κ2) is 9.05. The molecule has 3 rings (SSSR count). The van der Waals surface area contributed by atoms with Crippen molar-refractivity contribution in [2.45, 2.75) is 32.1 Å². The van der Waals surface area contributed by atoms with Crippen LogP contribution in [-0.4, -0.2) is 53.3 Å². The first-order valence-electron chi connectivity index (χ1n) is 9.73. The van der Waals surface area contributed by atoms with Crippen LogP contribution in [0.1, 0.15) is 41.9 Å². The predicted molar refractivity (Wildman–Crippen MR) is 106 cm³/mol. The Morgan fingerprint density at radius 2 is 2.11 bits per heavy atom. The van der Waals surface area contributed by atoms with Gasteiger partial charge in [-0.1, -0.05) is 0 Å². The van der Waals surface area contributed by atoms with E-state index in [4.69, 9.17) is 14.8 Å². The van der Waals surface area contributed by atoms with Gasteiger partial charge in [0, 0.05) is 26.1 Å². The lowest BCUT2D eigenvalue weighted by molar-refractivity contribution is -0.136. The Bertz CT molecular complexity index is 855. The number of nitrogens with zero attached hydrogens (tertiary/aromatic N) is 2. The highest BCUT2D eigenvalue weighted by atomic mass is 16.5. The van der Waals surface area contributed by atoms with Crippen LogP contribution >= 0.6 is 0 Å². The number of hydrogen-bond acceptors (Lipinski definition) is 5. The molecule has 2 heterocycles. The van der Waals surface area contributed by atoms with E-state index in [1.165, 1.54) is 20.0 Å². The standard InChI is InChI=1S/C20H28N4O4/c1-24-16-12-17(28-2)14(20(27)22-10-7-19(25)26)11-15(16)23-18(24)4-3-13-5-8-21-9-6-13/h11-13,21H,3-10H2,1-2H3,(H,22,27)(H,25,26). The summed E-state index contributed by atoms with van der Waals surface area (Å²) < 4.78 is 7.46. The fourth-order valence-electron chi connectivity index (χ4n) is 3.72. The first kappa shape index (κ1) is 20.1. The van der Waals surface area contributed by atoms with Crippen molar-refractivity contribution in [3.05, 3.63) is 23.5 Å². The summed E-state index contributed by atoms with van der Waals surface area (Å²) >= 11 is 0. The molecule has 28 heavy (non-hydrogen) atoms. The quantitative estimate of drug-likeness (QED) is 0.636. The lowest BCUT2D eigenvalue weighted by atomic mass is 9.93. The number of carboxylic acids is 1. The Labute approximate surface area is 164 Å². The highest BCUT2D eigenvalue weighted by Crippen LogP contribution is 2.27. The van der Waals surface area contributed by atoms with Crippen LogP contribution in [0.2, 0.25) is 0 Å². The van der Waals surface area contributed by atoms with Crippen molar-refractivity contribution >= 4 is 22.9 Å². The van der Waals surface area contributed by atoms with E-state index in [-0.39, 0.29) is 18.9 Å². The second-order valence-corrected chi connectivity index (χ2v) is 7.26. The number of benzene rings is 1. The molecule has 1 amide bonds. The largest absolute Gasteiger partial charge is 0.496 e. The van der Waals surface area contributed by atoms with Crippen LogP contribution in [0.25, 0.3) is 11.0 Å². The van der Waals surface area contributed by atoms with E-state index in [1.54, 1.807) is 6.07 Å². The summed E-state index contributed by atoms with van der Waals surface area (Å²) in [5, 5.41) is 14.7. The first-order valence-corrected chi connectivity index (χ1v) is 9.73. The number of aliphatic carboxylic acids is 1. The predicted octanol–water partition coefficient (Wildman–Crippen LogP) is 1.72. The molecule has 8 nitrogen and oxygen atoms in total. The molecule has 1 aromatic carbocycles. The van der Waals surface area contributed by atoms with E-state index < -0.39 is 5.97 Å². The Kier molecular flexibility index (Phi) is 6.51. The third kappa shape index (κ3) is 4.62. The number of aryl methyl sites for hydroxylation is 2. The van der Waals surface area contributed by atoms with Crippen LogP contribution in [0.5, 0.6) is 5.75 Å². The molecule has 1 aliphatic heterocycles. The monoisotopic (exact) mass is 388 g/mol. The molecule has 1 fully saturated rings. The van der Waals surface area contributed by atoms with Gasteiger partial charge in [0.05, 0.1) is 30.1 Å². The zero-order chi connectivity index (χ0) is 20.1. The summed E-state index contributed by atoms with van der Waals surface area (Å²) in [6.07, 6.45) is 4.30. The minimum Gasteiger partial charge on any atom is -0.496 e. The number of carbonyl (C=O) groups is 2. The summed E-state index contributed by atoms with van der Waals surface area (Å²) in [6, 6.07) is 3.54. The molecular formula is C20H28N4O4. The van der Waals surface area contributed by atoms with Crippen molar-refractivity contribution in [3.63, 3.8) is 0 Å². The molecule has 2 aromatic rings. The van der Waals surface area contributed by atoms with E-state index in [1.807, 2.05) is 13.1 Å². The van der Waals surface area contributed by atoms with Crippen LogP contribution in [0.3, 0.4) is 0 Å². The van der Waals surface area contributed by atoms with Crippen molar-refractivity contribution in [1.29, 1.82) is 0 Å². The lowest BCUT2D eigenvalue weighted by Crippen LogP contribution is -2.28. The Hall–Kier alpha value is -2.61. The average molecular weight is 388 g/mol. The van der Waals surface area contributed by atoms with Crippen LogP contribution in [0.15, 0.2) is 12.1 Å². The fraction of sp³-hybridized carbons (Fsp3) is 0.550. The number of carbonyl (C=O) groups excluding carboxylic acids is 1. The molecule has 3 N–H and O–H groups in total. The number of hydrogen-bond donors (Lipinski definition) is 3. The van der Waals surface area contributed by atoms with E-state index in [0.29, 0.717) is 11.3 Å². The van der Waals surface area contributed by atoms with Crippen molar-refractivity contribution in [1.82, 2.24) is 20.2 Å². The third-order valence-electron chi connectivity index (χ3n) is 5.40. The number of piperidine rings is 1. The first-order chi connectivity index (χ1) is 13.5. The van der Waals surface area contributed by atoms with Crippen LogP contribution in [0, 0.1) is 5.92 Å². The molecule has 0 spiro atoms. The molecule has 0 atom stereocenters. The molecule has 1 aromatic heterocycles. The Morgan fingerprint density at radius 3 is 2.79 bits per heavy atom. The van der Waals surface area contributed by atoms with Gasteiger partial charge < -0.3 is 25.0 Å². The SMILES string of the molecule is COc1cc2c(cc1C(=O)NCCC(=O)O)nc(CCC1CCNCC1)n2C. The number of fused-ring (bicyclic) bond motifs is 1. The van der Waals surface area contributed by atoms with Crippen LogP contribution < -0.4 is 15.4 Å². The maximum atomic E-state index is 12.4. The maximum absolute atomic E-state index is 12.4. The zero-order valence-corrected chi connectivity index (χ0v) is 16.5. The number of methoxy groups -OCH3 is 1. The van der Waals surface area contributed by atoms with Gasteiger partial charge in [0.15, 0.2) is 0 Å². The molecular weight excluding hydrogens is 360 g/mol. The Balaban J connectivity index is 1.78. The van der Waals surface area contributed by atoms with Gasteiger partial charge in [-0.15, -0.1) is 0 Å². The molecule has 0 aliphatic carbocycles. The molecule has 0 bridgehead atoms. The summed E-state index contributed by atoms with van der Waals surface area (Å²) in [6.45, 7) is 2.24. The minimum atomic E-state index is -0.953. The molecule has 1 aliphatic rings. The second-order valence-electron chi connectivity index (χ2n) is 7.26. The normalized spacial score (nSPS) is 14.9. The minimum absolute atomic E-state index is 0.0685. The average Bonchev–Trinajstić information content (AvgIpc) is 3.00. The van der Waals surface area contributed by atoms with Gasteiger partial charge in [0.25, 0.3) is 5.91 Å². The van der Waals surface area contributed by atoms with Gasteiger partial charge >= 0.3 is 5.97 Å². The number of imidazole rings is 1. The van der Waals surface area contributed by atoms with Gasteiger partial charge in [-0.2, -0.15) is 0 Å². The van der Waals surface area contributed by atoms with Crippen LogP contribution in [0.4, 0.5) is 0 Å². The molecule has 1 saturated heterocycles.